The summed E-state index contributed by atoms with van der Waals surface area (Å²) in [7, 11) is 0. The molecule has 134 valence electrons. The number of amides is 1. The van der Waals surface area contributed by atoms with Gasteiger partial charge in [0, 0.05) is 23.8 Å². The van der Waals surface area contributed by atoms with Gasteiger partial charge in [-0.2, -0.15) is 0 Å². The summed E-state index contributed by atoms with van der Waals surface area (Å²) in [6, 6.07) is 15.3. The van der Waals surface area contributed by atoms with Gasteiger partial charge in [-0.15, -0.1) is 0 Å². The second-order valence-corrected chi connectivity index (χ2v) is 7.87. The molecule has 1 amide bonds. The summed E-state index contributed by atoms with van der Waals surface area (Å²) in [6.07, 6.45) is 1.85. The average Bonchev–Trinajstić information content (AvgIpc) is 2.92. The first-order chi connectivity index (χ1) is 12.5. The molecule has 1 aliphatic rings. The van der Waals surface area contributed by atoms with Crippen LogP contribution in [0.5, 0.6) is 0 Å². The summed E-state index contributed by atoms with van der Waals surface area (Å²) in [5.41, 5.74) is 2.86. The zero-order valence-electron chi connectivity index (χ0n) is 14.6. The molecule has 1 fully saturated rings. The molecule has 26 heavy (non-hydrogen) atoms. The van der Waals surface area contributed by atoms with Crippen molar-refractivity contribution in [2.75, 3.05) is 22.9 Å². The van der Waals surface area contributed by atoms with Crippen molar-refractivity contribution < 1.29 is 4.79 Å². The smallest absolute Gasteiger partial charge is 0.270 e. The van der Waals surface area contributed by atoms with Crippen LogP contribution < -0.4 is 9.80 Å². The van der Waals surface area contributed by atoms with E-state index in [1.54, 1.807) is 17.0 Å². The van der Waals surface area contributed by atoms with Gasteiger partial charge in [0.05, 0.1) is 10.6 Å². The van der Waals surface area contributed by atoms with Crippen LogP contribution in [0.15, 0.2) is 53.4 Å². The van der Waals surface area contributed by atoms with Crippen molar-refractivity contribution in [1.29, 1.82) is 0 Å². The fourth-order valence-electron chi connectivity index (χ4n) is 2.80. The van der Waals surface area contributed by atoms with Crippen molar-refractivity contribution in [3.63, 3.8) is 0 Å². The summed E-state index contributed by atoms with van der Waals surface area (Å²) in [6.45, 7) is 6.14. The number of rotatable bonds is 5. The first-order valence-electron chi connectivity index (χ1n) is 8.42. The van der Waals surface area contributed by atoms with Gasteiger partial charge in [0.25, 0.3) is 5.91 Å². The molecule has 1 saturated heterocycles. The Bertz CT molecular complexity index is 843. The van der Waals surface area contributed by atoms with Gasteiger partial charge >= 0.3 is 0 Å². The monoisotopic (exact) mass is 402 g/mol. The zero-order valence-corrected chi connectivity index (χ0v) is 17.0. The third-order valence-corrected chi connectivity index (χ3v) is 5.75. The minimum Gasteiger partial charge on any atom is -0.372 e. The van der Waals surface area contributed by atoms with E-state index in [0.717, 1.165) is 30.0 Å². The second kappa shape index (κ2) is 8.25. The molecule has 0 aromatic heterocycles. The van der Waals surface area contributed by atoms with Gasteiger partial charge in [0.2, 0.25) is 0 Å². The van der Waals surface area contributed by atoms with Gasteiger partial charge < -0.3 is 4.90 Å². The lowest BCUT2D eigenvalue weighted by molar-refractivity contribution is -0.113. The van der Waals surface area contributed by atoms with Gasteiger partial charge in [-0.05, 0) is 61.9 Å². The molecule has 0 atom stereocenters. The number of halogens is 1. The summed E-state index contributed by atoms with van der Waals surface area (Å²) in [5.74, 6) is -0.0921. The van der Waals surface area contributed by atoms with Gasteiger partial charge in [-0.1, -0.05) is 47.7 Å². The quantitative estimate of drug-likeness (QED) is 0.480. The van der Waals surface area contributed by atoms with E-state index in [4.69, 9.17) is 23.8 Å². The van der Waals surface area contributed by atoms with Crippen molar-refractivity contribution in [3.8, 4) is 0 Å². The van der Waals surface area contributed by atoms with Crippen LogP contribution >= 0.6 is 35.6 Å². The van der Waals surface area contributed by atoms with Gasteiger partial charge in [0.1, 0.15) is 0 Å². The van der Waals surface area contributed by atoms with E-state index >= 15 is 0 Å². The van der Waals surface area contributed by atoms with Crippen LogP contribution in [0.3, 0.4) is 0 Å². The van der Waals surface area contributed by atoms with E-state index in [0.29, 0.717) is 14.2 Å². The normalized spacial score (nSPS) is 15.8. The molecule has 0 N–H and O–H groups in total. The van der Waals surface area contributed by atoms with E-state index in [1.807, 2.05) is 42.5 Å². The summed E-state index contributed by atoms with van der Waals surface area (Å²) < 4.78 is 0.547. The third kappa shape index (κ3) is 3.95. The Morgan fingerprint density at radius 1 is 1.08 bits per heavy atom. The van der Waals surface area contributed by atoms with E-state index in [2.05, 4.69) is 18.7 Å². The van der Waals surface area contributed by atoms with Crippen molar-refractivity contribution in [2.24, 2.45) is 0 Å². The molecular formula is C20H19ClN2OS2. The predicted molar refractivity (Wildman–Crippen MR) is 117 cm³/mol. The molecular weight excluding hydrogens is 384 g/mol. The fraction of sp³-hybridized carbons (Fsp3) is 0.200. The SMILES string of the molecule is CCN(CC)c1ccc(N2C(=O)C(=Cc3ccc(Cl)cc3)SC2=S)cc1. The van der Waals surface area contributed by atoms with Crippen molar-refractivity contribution in [3.05, 3.63) is 64.0 Å². The molecule has 1 aliphatic heterocycles. The summed E-state index contributed by atoms with van der Waals surface area (Å²) in [5, 5.41) is 0.669. The van der Waals surface area contributed by atoms with Crippen LogP contribution in [0.2, 0.25) is 5.02 Å². The Morgan fingerprint density at radius 3 is 2.27 bits per heavy atom. The average molecular weight is 403 g/mol. The zero-order chi connectivity index (χ0) is 18.7. The maximum absolute atomic E-state index is 12.8. The third-order valence-electron chi connectivity index (χ3n) is 4.20. The minimum absolute atomic E-state index is 0.0921. The molecule has 3 nitrogen and oxygen atoms in total. The van der Waals surface area contributed by atoms with Crippen molar-refractivity contribution in [2.45, 2.75) is 13.8 Å². The van der Waals surface area contributed by atoms with Crippen LogP contribution in [-0.4, -0.2) is 23.3 Å². The number of thiocarbonyl (C=S) groups is 1. The van der Waals surface area contributed by atoms with Crippen LogP contribution in [0.25, 0.3) is 6.08 Å². The largest absolute Gasteiger partial charge is 0.372 e. The van der Waals surface area contributed by atoms with Crippen LogP contribution in [0.1, 0.15) is 19.4 Å². The predicted octanol–water partition coefficient (Wildman–Crippen LogP) is 5.59. The molecule has 0 radical (unpaired) electrons. The number of benzene rings is 2. The Hall–Kier alpha value is -1.82. The van der Waals surface area contributed by atoms with Crippen molar-refractivity contribution >= 4 is 63.3 Å². The molecule has 3 rings (SSSR count). The van der Waals surface area contributed by atoms with E-state index in [1.165, 1.54) is 11.8 Å². The number of thioether (sulfide) groups is 1. The number of hydrogen-bond acceptors (Lipinski definition) is 4. The number of nitrogens with zero attached hydrogens (tertiary/aromatic N) is 2. The van der Waals surface area contributed by atoms with E-state index in [-0.39, 0.29) is 5.91 Å². The highest BCUT2D eigenvalue weighted by molar-refractivity contribution is 8.27. The highest BCUT2D eigenvalue weighted by Crippen LogP contribution is 2.36. The van der Waals surface area contributed by atoms with Gasteiger partial charge in [-0.25, -0.2) is 0 Å². The second-order valence-electron chi connectivity index (χ2n) is 5.76. The first-order valence-corrected chi connectivity index (χ1v) is 10.0. The Kier molecular flexibility index (Phi) is 6.01. The minimum atomic E-state index is -0.0921. The first kappa shape index (κ1) is 19.0. The molecule has 2 aromatic carbocycles. The number of anilines is 2. The maximum Gasteiger partial charge on any atom is 0.270 e. The van der Waals surface area contributed by atoms with E-state index < -0.39 is 0 Å². The Morgan fingerprint density at radius 2 is 1.69 bits per heavy atom. The maximum atomic E-state index is 12.8. The highest BCUT2D eigenvalue weighted by Gasteiger charge is 2.33. The van der Waals surface area contributed by atoms with Gasteiger partial charge in [-0.3, -0.25) is 9.69 Å². The number of carbonyl (C=O) groups is 1. The lowest BCUT2D eigenvalue weighted by Gasteiger charge is -2.22. The highest BCUT2D eigenvalue weighted by atomic mass is 35.5. The molecule has 0 unspecified atom stereocenters. The van der Waals surface area contributed by atoms with Crippen molar-refractivity contribution in [1.82, 2.24) is 0 Å². The molecule has 6 heteroatoms. The molecule has 0 saturated carbocycles. The Labute approximate surface area is 168 Å². The standard InChI is InChI=1S/C20H19ClN2OS2/c1-3-22(4-2)16-9-11-17(12-10-16)23-19(24)18(26-20(23)25)13-14-5-7-15(21)8-6-14/h5-13H,3-4H2,1-2H3. The lowest BCUT2D eigenvalue weighted by Crippen LogP contribution is -2.27. The molecule has 1 heterocycles. The Balaban J connectivity index is 1.84. The lowest BCUT2D eigenvalue weighted by atomic mass is 10.2. The number of carbonyl (C=O) groups excluding carboxylic acids is 1. The topological polar surface area (TPSA) is 23.6 Å². The van der Waals surface area contributed by atoms with Crippen LogP contribution in [0, 0.1) is 0 Å². The molecule has 2 aromatic rings. The summed E-state index contributed by atoms with van der Waals surface area (Å²) in [4.78, 5) is 17.3. The molecule has 0 bridgehead atoms. The number of hydrogen-bond donors (Lipinski definition) is 0. The molecule has 0 spiro atoms. The summed E-state index contributed by atoms with van der Waals surface area (Å²) >= 11 is 12.7. The molecule has 0 aliphatic carbocycles. The van der Waals surface area contributed by atoms with Crippen LogP contribution in [0.4, 0.5) is 11.4 Å². The van der Waals surface area contributed by atoms with E-state index in [9.17, 15) is 4.79 Å². The van der Waals surface area contributed by atoms with Gasteiger partial charge in [0.15, 0.2) is 4.32 Å². The fourth-order valence-corrected chi connectivity index (χ4v) is 4.23. The van der Waals surface area contributed by atoms with Crippen LogP contribution in [-0.2, 0) is 4.79 Å².